The highest BCUT2D eigenvalue weighted by Gasteiger charge is 2.40. The number of carbonyl (C=O) groups excluding carboxylic acids is 1. The van der Waals surface area contributed by atoms with Crippen molar-refractivity contribution in [1.82, 2.24) is 15.2 Å². The van der Waals surface area contributed by atoms with Gasteiger partial charge in [-0.1, -0.05) is 12.1 Å². The molecule has 2 aliphatic rings. The van der Waals surface area contributed by atoms with Gasteiger partial charge in [0.05, 0.1) is 15.2 Å². The Morgan fingerprint density at radius 2 is 2.15 bits per heavy atom. The Labute approximate surface area is 163 Å². The van der Waals surface area contributed by atoms with Gasteiger partial charge in [0, 0.05) is 36.3 Å². The van der Waals surface area contributed by atoms with Gasteiger partial charge in [0.15, 0.2) is 0 Å². The predicted octanol–water partition coefficient (Wildman–Crippen LogP) is 4.34. The molecule has 0 spiro atoms. The molecule has 0 saturated carbocycles. The number of hydrogen-bond donors (Lipinski definition) is 1. The maximum Gasteiger partial charge on any atom is 0.221 e. The van der Waals surface area contributed by atoms with E-state index in [0.717, 1.165) is 35.1 Å². The fraction of sp³-hybridized carbons (Fsp3) is 0.500. The van der Waals surface area contributed by atoms with Crippen molar-refractivity contribution in [2.24, 2.45) is 5.92 Å². The molecular formula is C20H25N3OS2. The predicted molar refractivity (Wildman–Crippen MR) is 111 cm³/mol. The SMILES string of the molecule is CC(=O)NC1=C(c2nc3ccccc3s2)C2CCCN(C(C)C)CC2S1. The first-order valence-corrected chi connectivity index (χ1v) is 11.0. The fourth-order valence-corrected chi connectivity index (χ4v) is 6.68. The monoisotopic (exact) mass is 387 g/mol. The molecule has 3 heterocycles. The van der Waals surface area contributed by atoms with Crippen LogP contribution in [0.5, 0.6) is 0 Å². The van der Waals surface area contributed by atoms with E-state index >= 15 is 0 Å². The third-order valence-corrected chi connectivity index (χ3v) is 7.66. The number of fused-ring (bicyclic) bond motifs is 2. The lowest BCUT2D eigenvalue weighted by molar-refractivity contribution is -0.118. The number of carbonyl (C=O) groups is 1. The van der Waals surface area contributed by atoms with Crippen molar-refractivity contribution in [3.05, 3.63) is 34.3 Å². The molecule has 2 unspecified atom stereocenters. The number of allylic oxidation sites excluding steroid dienone is 1. The number of aromatic nitrogens is 1. The van der Waals surface area contributed by atoms with E-state index in [1.54, 1.807) is 18.3 Å². The van der Waals surface area contributed by atoms with Crippen LogP contribution in [0.3, 0.4) is 0 Å². The molecule has 2 aliphatic heterocycles. The highest BCUT2D eigenvalue weighted by atomic mass is 32.2. The van der Waals surface area contributed by atoms with Crippen molar-refractivity contribution in [3.63, 3.8) is 0 Å². The largest absolute Gasteiger partial charge is 0.321 e. The van der Waals surface area contributed by atoms with E-state index in [4.69, 9.17) is 4.98 Å². The summed E-state index contributed by atoms with van der Waals surface area (Å²) in [7, 11) is 0. The second-order valence-electron chi connectivity index (χ2n) is 7.40. The number of thiazole rings is 1. The molecule has 6 heteroatoms. The molecule has 0 bridgehead atoms. The van der Waals surface area contributed by atoms with Gasteiger partial charge in [0.25, 0.3) is 0 Å². The molecule has 1 fully saturated rings. The maximum atomic E-state index is 11.8. The van der Waals surface area contributed by atoms with Crippen molar-refractivity contribution in [3.8, 4) is 0 Å². The summed E-state index contributed by atoms with van der Waals surface area (Å²) in [5, 5.41) is 5.70. The Hall–Kier alpha value is -1.37. The minimum absolute atomic E-state index is 0.00304. The van der Waals surface area contributed by atoms with Crippen LogP contribution >= 0.6 is 23.1 Å². The van der Waals surface area contributed by atoms with Crippen molar-refractivity contribution < 1.29 is 4.79 Å². The molecular weight excluding hydrogens is 362 g/mol. The first-order chi connectivity index (χ1) is 12.5. The lowest BCUT2D eigenvalue weighted by Crippen LogP contribution is -2.36. The number of thioether (sulfide) groups is 1. The summed E-state index contributed by atoms with van der Waals surface area (Å²) >= 11 is 3.59. The first-order valence-electron chi connectivity index (χ1n) is 9.31. The number of nitrogens with zero attached hydrogens (tertiary/aromatic N) is 2. The Morgan fingerprint density at radius 1 is 1.35 bits per heavy atom. The molecule has 26 heavy (non-hydrogen) atoms. The van der Waals surface area contributed by atoms with Gasteiger partial charge in [-0.15, -0.1) is 23.1 Å². The molecule has 1 N–H and O–H groups in total. The van der Waals surface area contributed by atoms with Crippen LogP contribution in [-0.2, 0) is 4.79 Å². The molecule has 0 aliphatic carbocycles. The zero-order valence-electron chi connectivity index (χ0n) is 15.5. The van der Waals surface area contributed by atoms with Gasteiger partial charge >= 0.3 is 0 Å². The molecule has 4 nitrogen and oxygen atoms in total. The Kier molecular flexibility index (Phi) is 5.08. The van der Waals surface area contributed by atoms with Crippen molar-refractivity contribution >= 4 is 44.8 Å². The number of nitrogens with one attached hydrogen (secondary N) is 1. The fourth-order valence-electron chi connectivity index (χ4n) is 3.95. The summed E-state index contributed by atoms with van der Waals surface area (Å²) in [6, 6.07) is 8.85. The van der Waals surface area contributed by atoms with Crippen LogP contribution < -0.4 is 5.32 Å². The Balaban J connectivity index is 1.73. The second kappa shape index (κ2) is 7.33. The van der Waals surface area contributed by atoms with Crippen LogP contribution in [-0.4, -0.2) is 40.2 Å². The van der Waals surface area contributed by atoms with Crippen molar-refractivity contribution in [1.29, 1.82) is 0 Å². The number of amides is 1. The Morgan fingerprint density at radius 3 is 2.88 bits per heavy atom. The zero-order valence-corrected chi connectivity index (χ0v) is 17.1. The van der Waals surface area contributed by atoms with Crippen LogP contribution in [0.15, 0.2) is 29.3 Å². The smallest absolute Gasteiger partial charge is 0.221 e. The highest BCUT2D eigenvalue weighted by molar-refractivity contribution is 8.04. The lowest BCUT2D eigenvalue weighted by Gasteiger charge is -2.27. The summed E-state index contributed by atoms with van der Waals surface area (Å²) in [4.78, 5) is 19.3. The number of likely N-dealkylation sites (tertiary alicyclic amines) is 1. The van der Waals surface area contributed by atoms with Gasteiger partial charge in [-0.05, 0) is 45.4 Å². The molecule has 1 aromatic heterocycles. The summed E-state index contributed by atoms with van der Waals surface area (Å²) in [6.45, 7) is 8.38. The van der Waals surface area contributed by atoms with E-state index < -0.39 is 0 Å². The maximum absolute atomic E-state index is 11.8. The summed E-state index contributed by atoms with van der Waals surface area (Å²) < 4.78 is 1.21. The molecule has 2 atom stereocenters. The lowest BCUT2D eigenvalue weighted by atomic mass is 9.92. The zero-order chi connectivity index (χ0) is 18.3. The molecule has 138 valence electrons. The van der Waals surface area contributed by atoms with Crippen LogP contribution in [0.1, 0.15) is 38.6 Å². The van der Waals surface area contributed by atoms with Crippen molar-refractivity contribution in [2.45, 2.75) is 44.9 Å². The molecule has 4 rings (SSSR count). The van der Waals surface area contributed by atoms with Crippen LogP contribution in [0.25, 0.3) is 15.8 Å². The summed E-state index contributed by atoms with van der Waals surface area (Å²) in [5.74, 6) is 0.467. The molecule has 1 aromatic carbocycles. The summed E-state index contributed by atoms with van der Waals surface area (Å²) in [5.41, 5.74) is 2.31. The molecule has 1 saturated heterocycles. The number of hydrogen-bond acceptors (Lipinski definition) is 5. The first kappa shape index (κ1) is 18.0. The van der Waals surface area contributed by atoms with Gasteiger partial charge in [-0.2, -0.15) is 0 Å². The van der Waals surface area contributed by atoms with Gasteiger partial charge in [-0.3, -0.25) is 9.69 Å². The normalized spacial score (nSPS) is 24.2. The topological polar surface area (TPSA) is 45.2 Å². The quantitative estimate of drug-likeness (QED) is 0.851. The van der Waals surface area contributed by atoms with Crippen LogP contribution in [0.2, 0.25) is 0 Å². The third kappa shape index (κ3) is 3.42. The summed E-state index contributed by atoms with van der Waals surface area (Å²) in [6.07, 6.45) is 2.36. The van der Waals surface area contributed by atoms with E-state index in [1.165, 1.54) is 16.7 Å². The van der Waals surface area contributed by atoms with Crippen molar-refractivity contribution in [2.75, 3.05) is 13.1 Å². The van der Waals surface area contributed by atoms with E-state index in [2.05, 4.69) is 42.3 Å². The van der Waals surface area contributed by atoms with Gasteiger partial charge < -0.3 is 5.32 Å². The molecule has 0 radical (unpaired) electrons. The second-order valence-corrected chi connectivity index (χ2v) is 9.68. The van der Waals surface area contributed by atoms with Crippen LogP contribution in [0, 0.1) is 5.92 Å². The number of para-hydroxylation sites is 1. The number of benzene rings is 1. The average Bonchev–Trinajstić information content (AvgIpc) is 3.07. The van der Waals surface area contributed by atoms with Gasteiger partial charge in [0.2, 0.25) is 5.91 Å². The molecule has 2 aromatic rings. The van der Waals surface area contributed by atoms with Gasteiger partial charge in [-0.25, -0.2) is 4.98 Å². The van der Waals surface area contributed by atoms with E-state index in [1.807, 2.05) is 17.8 Å². The van der Waals surface area contributed by atoms with E-state index in [0.29, 0.717) is 17.2 Å². The average molecular weight is 388 g/mol. The molecule has 1 amide bonds. The minimum atomic E-state index is 0.00304. The number of rotatable bonds is 3. The minimum Gasteiger partial charge on any atom is -0.321 e. The van der Waals surface area contributed by atoms with E-state index in [9.17, 15) is 4.79 Å². The van der Waals surface area contributed by atoms with Gasteiger partial charge in [0.1, 0.15) is 5.01 Å². The van der Waals surface area contributed by atoms with E-state index in [-0.39, 0.29) is 5.91 Å². The van der Waals surface area contributed by atoms with Crippen LogP contribution in [0.4, 0.5) is 0 Å². The third-order valence-electron chi connectivity index (χ3n) is 5.25. The standard InChI is InChI=1S/C20H25N3OS2/c1-12(2)23-10-6-7-14-17(11-23)26-19(21-13(3)24)18(14)20-22-15-8-4-5-9-16(15)25-20/h4-5,8-9,12,14,17H,6-7,10-11H2,1-3H3,(H,21,24). The highest BCUT2D eigenvalue weighted by Crippen LogP contribution is 2.50. The Bertz CT molecular complexity index is 825.